The first-order chi connectivity index (χ1) is 8.72. The Morgan fingerprint density at radius 1 is 1.39 bits per heavy atom. The van der Waals surface area contributed by atoms with E-state index in [1.165, 1.54) is 12.8 Å². The van der Waals surface area contributed by atoms with Crippen molar-refractivity contribution in [2.24, 2.45) is 5.92 Å². The van der Waals surface area contributed by atoms with E-state index in [9.17, 15) is 4.39 Å². The van der Waals surface area contributed by atoms with Crippen LogP contribution in [0, 0.1) is 11.7 Å². The summed E-state index contributed by atoms with van der Waals surface area (Å²) >= 11 is 3.41. The Bertz CT molecular complexity index is 438. The van der Waals surface area contributed by atoms with Gasteiger partial charge in [0.25, 0.3) is 0 Å². The monoisotopic (exact) mass is 312 g/mol. The Morgan fingerprint density at radius 3 is 3.17 bits per heavy atom. The third kappa shape index (κ3) is 2.60. The molecular formula is C14H18BrFN2. The van der Waals surface area contributed by atoms with Gasteiger partial charge in [-0.3, -0.25) is 4.90 Å². The number of hydrogen-bond donors (Lipinski definition) is 1. The molecule has 1 N–H and O–H groups in total. The number of likely N-dealkylation sites (tertiary alicyclic amines) is 1. The fraction of sp³-hybridized carbons (Fsp3) is 0.571. The number of halogens is 2. The van der Waals surface area contributed by atoms with Crippen molar-refractivity contribution >= 4 is 15.9 Å². The minimum atomic E-state index is -0.0927. The normalized spacial score (nSPS) is 28.3. The van der Waals surface area contributed by atoms with Crippen molar-refractivity contribution in [1.29, 1.82) is 0 Å². The van der Waals surface area contributed by atoms with Gasteiger partial charge < -0.3 is 5.32 Å². The molecule has 0 aliphatic carbocycles. The van der Waals surface area contributed by atoms with E-state index < -0.39 is 0 Å². The zero-order chi connectivity index (χ0) is 12.5. The van der Waals surface area contributed by atoms with E-state index in [1.54, 1.807) is 12.1 Å². The topological polar surface area (TPSA) is 15.3 Å². The summed E-state index contributed by atoms with van der Waals surface area (Å²) in [4.78, 5) is 2.39. The van der Waals surface area contributed by atoms with Crippen molar-refractivity contribution in [1.82, 2.24) is 10.2 Å². The Hall–Kier alpha value is -0.450. The first-order valence-electron chi connectivity index (χ1n) is 6.62. The Kier molecular flexibility index (Phi) is 3.68. The highest BCUT2D eigenvalue weighted by atomic mass is 79.9. The van der Waals surface area contributed by atoms with Crippen LogP contribution in [0.15, 0.2) is 22.7 Å². The first-order valence-corrected chi connectivity index (χ1v) is 7.41. The summed E-state index contributed by atoms with van der Waals surface area (Å²) in [5, 5.41) is 3.56. The zero-order valence-corrected chi connectivity index (χ0v) is 11.9. The van der Waals surface area contributed by atoms with Crippen LogP contribution in [0.1, 0.15) is 18.4 Å². The van der Waals surface area contributed by atoms with E-state index in [1.807, 2.05) is 6.07 Å². The van der Waals surface area contributed by atoms with Gasteiger partial charge in [0.05, 0.1) is 0 Å². The van der Waals surface area contributed by atoms with Crippen LogP contribution in [0.5, 0.6) is 0 Å². The molecule has 2 unspecified atom stereocenters. The van der Waals surface area contributed by atoms with Crippen molar-refractivity contribution in [2.75, 3.05) is 19.6 Å². The molecule has 18 heavy (non-hydrogen) atoms. The van der Waals surface area contributed by atoms with Gasteiger partial charge in [-0.25, -0.2) is 4.39 Å². The number of piperidine rings is 1. The maximum Gasteiger partial charge on any atom is 0.127 e. The van der Waals surface area contributed by atoms with Crippen LogP contribution in [0.3, 0.4) is 0 Å². The molecule has 2 aliphatic heterocycles. The zero-order valence-electron chi connectivity index (χ0n) is 10.3. The molecule has 2 heterocycles. The van der Waals surface area contributed by atoms with Gasteiger partial charge in [-0.05, 0) is 50.0 Å². The van der Waals surface area contributed by atoms with Gasteiger partial charge in [0, 0.05) is 29.2 Å². The van der Waals surface area contributed by atoms with Gasteiger partial charge in [-0.15, -0.1) is 0 Å². The Balaban J connectivity index is 1.67. The van der Waals surface area contributed by atoms with Crippen LogP contribution < -0.4 is 5.32 Å². The predicted octanol–water partition coefficient (Wildman–Crippen LogP) is 2.77. The molecule has 3 rings (SSSR count). The molecule has 2 fully saturated rings. The largest absolute Gasteiger partial charge is 0.314 e. The Labute approximate surface area is 116 Å². The summed E-state index contributed by atoms with van der Waals surface area (Å²) in [5.74, 6) is 0.666. The molecule has 2 saturated heterocycles. The molecular weight excluding hydrogens is 295 g/mol. The standard InChI is InChI=1S/C14H18BrFN2/c15-12-1-2-13(16)11(7-12)9-18-6-4-14-10(8-18)3-5-17-14/h1-2,7,10,14,17H,3-6,8-9H2. The second-order valence-corrected chi connectivity index (χ2v) is 6.28. The van der Waals surface area contributed by atoms with E-state index in [4.69, 9.17) is 0 Å². The van der Waals surface area contributed by atoms with E-state index in [0.717, 1.165) is 42.1 Å². The minimum Gasteiger partial charge on any atom is -0.314 e. The SMILES string of the molecule is Fc1ccc(Br)cc1CN1CCC2NCCC2C1. The van der Waals surface area contributed by atoms with Gasteiger partial charge >= 0.3 is 0 Å². The average Bonchev–Trinajstić information content (AvgIpc) is 2.81. The average molecular weight is 313 g/mol. The lowest BCUT2D eigenvalue weighted by Gasteiger charge is -2.34. The molecule has 0 bridgehead atoms. The fourth-order valence-corrected chi connectivity index (χ4v) is 3.58. The van der Waals surface area contributed by atoms with Crippen molar-refractivity contribution in [2.45, 2.75) is 25.4 Å². The second kappa shape index (κ2) is 5.27. The van der Waals surface area contributed by atoms with Crippen LogP contribution in [0.2, 0.25) is 0 Å². The van der Waals surface area contributed by atoms with Crippen LogP contribution >= 0.6 is 15.9 Å². The van der Waals surface area contributed by atoms with E-state index in [-0.39, 0.29) is 5.82 Å². The smallest absolute Gasteiger partial charge is 0.127 e. The summed E-state index contributed by atoms with van der Waals surface area (Å²) in [6.45, 7) is 4.05. The third-order valence-corrected chi connectivity index (χ3v) is 4.63. The lowest BCUT2D eigenvalue weighted by molar-refractivity contribution is 0.154. The maximum atomic E-state index is 13.7. The number of hydrogen-bond acceptors (Lipinski definition) is 2. The van der Waals surface area contributed by atoms with Gasteiger partial charge in [-0.1, -0.05) is 15.9 Å². The molecule has 1 aromatic rings. The van der Waals surface area contributed by atoms with E-state index >= 15 is 0 Å². The molecule has 0 radical (unpaired) electrons. The second-order valence-electron chi connectivity index (χ2n) is 5.37. The summed E-state index contributed by atoms with van der Waals surface area (Å²) in [7, 11) is 0. The summed E-state index contributed by atoms with van der Waals surface area (Å²) in [6, 6.07) is 5.90. The molecule has 4 heteroatoms. The van der Waals surface area contributed by atoms with Crippen molar-refractivity contribution in [3.05, 3.63) is 34.1 Å². The first kappa shape index (κ1) is 12.6. The molecule has 0 amide bonds. The van der Waals surface area contributed by atoms with E-state index in [0.29, 0.717) is 6.04 Å². The van der Waals surface area contributed by atoms with Gasteiger partial charge in [0.1, 0.15) is 5.82 Å². The van der Waals surface area contributed by atoms with Gasteiger partial charge in [0.15, 0.2) is 0 Å². The van der Waals surface area contributed by atoms with Crippen molar-refractivity contribution in [3.8, 4) is 0 Å². The molecule has 98 valence electrons. The Morgan fingerprint density at radius 2 is 2.28 bits per heavy atom. The highest BCUT2D eigenvalue weighted by molar-refractivity contribution is 9.10. The maximum absolute atomic E-state index is 13.7. The molecule has 0 saturated carbocycles. The van der Waals surface area contributed by atoms with Gasteiger partial charge in [0.2, 0.25) is 0 Å². The lowest BCUT2D eigenvalue weighted by Crippen LogP contribution is -2.44. The number of fused-ring (bicyclic) bond motifs is 1. The lowest BCUT2D eigenvalue weighted by atomic mass is 9.93. The van der Waals surface area contributed by atoms with Crippen LogP contribution in [-0.2, 0) is 6.54 Å². The minimum absolute atomic E-state index is 0.0927. The summed E-state index contributed by atoms with van der Waals surface area (Å²) in [6.07, 6.45) is 2.46. The number of benzene rings is 1. The fourth-order valence-electron chi connectivity index (χ4n) is 3.17. The van der Waals surface area contributed by atoms with Crippen LogP contribution in [0.4, 0.5) is 4.39 Å². The summed E-state index contributed by atoms with van der Waals surface area (Å²) < 4.78 is 14.7. The number of nitrogens with one attached hydrogen (secondary N) is 1. The molecule has 0 aromatic heterocycles. The highest BCUT2D eigenvalue weighted by Crippen LogP contribution is 2.26. The van der Waals surface area contributed by atoms with Crippen LogP contribution in [-0.4, -0.2) is 30.6 Å². The number of nitrogens with zero attached hydrogens (tertiary/aromatic N) is 1. The quantitative estimate of drug-likeness (QED) is 0.903. The van der Waals surface area contributed by atoms with Crippen molar-refractivity contribution < 1.29 is 4.39 Å². The molecule has 2 aliphatic rings. The third-order valence-electron chi connectivity index (χ3n) is 4.14. The highest BCUT2D eigenvalue weighted by Gasteiger charge is 2.32. The van der Waals surface area contributed by atoms with Crippen LogP contribution in [0.25, 0.3) is 0 Å². The molecule has 2 atom stereocenters. The van der Waals surface area contributed by atoms with E-state index in [2.05, 4.69) is 26.1 Å². The molecule has 0 spiro atoms. The summed E-state index contributed by atoms with van der Waals surface area (Å²) in [5.41, 5.74) is 0.800. The molecule has 1 aromatic carbocycles. The predicted molar refractivity (Wildman–Crippen MR) is 73.9 cm³/mol. The number of rotatable bonds is 2. The molecule has 2 nitrogen and oxygen atoms in total. The van der Waals surface area contributed by atoms with Crippen molar-refractivity contribution in [3.63, 3.8) is 0 Å². The van der Waals surface area contributed by atoms with Gasteiger partial charge in [-0.2, -0.15) is 0 Å².